The van der Waals surface area contributed by atoms with Crippen LogP contribution in [0.15, 0.2) is 72.8 Å². The Morgan fingerprint density at radius 3 is 2.22 bits per heavy atom. The van der Waals surface area contributed by atoms with E-state index in [1.54, 1.807) is 48.5 Å². The van der Waals surface area contributed by atoms with E-state index >= 15 is 0 Å². The number of nitrogens with one attached hydrogen (secondary N) is 1. The predicted molar refractivity (Wildman–Crippen MR) is 98.4 cm³/mol. The lowest BCUT2D eigenvalue weighted by molar-refractivity contribution is 0.0926. The molecule has 0 aliphatic carbocycles. The van der Waals surface area contributed by atoms with Gasteiger partial charge in [0, 0.05) is 5.56 Å². The van der Waals surface area contributed by atoms with Gasteiger partial charge in [0.25, 0.3) is 17.7 Å². The highest BCUT2D eigenvalue weighted by Gasteiger charge is 2.38. The molecule has 0 saturated heterocycles. The van der Waals surface area contributed by atoms with Gasteiger partial charge in [-0.15, -0.1) is 0 Å². The summed E-state index contributed by atoms with van der Waals surface area (Å²) in [6, 6.07) is 18.3. The maximum absolute atomic E-state index is 13.0. The van der Waals surface area contributed by atoms with Crippen LogP contribution in [0.3, 0.4) is 0 Å². The molecule has 0 atom stereocenters. The van der Waals surface area contributed by atoms with Crippen LogP contribution in [0.25, 0.3) is 0 Å². The Bertz CT molecular complexity index is 1060. The number of fused-ring (bicyclic) bond motifs is 1. The van der Waals surface area contributed by atoms with Gasteiger partial charge in [-0.05, 0) is 48.5 Å². The fraction of sp³-hybridized carbons (Fsp3) is 0. The van der Waals surface area contributed by atoms with Crippen LogP contribution in [0, 0.1) is 5.82 Å². The van der Waals surface area contributed by atoms with Gasteiger partial charge < -0.3 is 5.32 Å². The Morgan fingerprint density at radius 1 is 0.815 bits per heavy atom. The molecule has 0 radical (unpaired) electrons. The third kappa shape index (κ3) is 2.87. The highest BCUT2D eigenvalue weighted by molar-refractivity contribution is 6.36. The van der Waals surface area contributed by atoms with Crippen molar-refractivity contribution in [2.45, 2.75) is 0 Å². The molecule has 0 aromatic heterocycles. The van der Waals surface area contributed by atoms with Gasteiger partial charge in [-0.1, -0.05) is 24.3 Å². The number of imide groups is 1. The van der Waals surface area contributed by atoms with Crippen molar-refractivity contribution < 1.29 is 18.8 Å². The molecule has 0 fully saturated rings. The molecule has 5 nitrogen and oxygen atoms in total. The second-order valence-corrected chi connectivity index (χ2v) is 5.97. The van der Waals surface area contributed by atoms with Gasteiger partial charge in [0.2, 0.25) is 0 Å². The van der Waals surface area contributed by atoms with Crippen molar-refractivity contribution in [3.63, 3.8) is 0 Å². The molecule has 0 unspecified atom stereocenters. The largest absolute Gasteiger partial charge is 0.321 e. The molecule has 4 rings (SSSR count). The second-order valence-electron chi connectivity index (χ2n) is 5.97. The minimum Gasteiger partial charge on any atom is -0.321 e. The summed E-state index contributed by atoms with van der Waals surface area (Å²) in [5.41, 5.74) is 1.30. The van der Waals surface area contributed by atoms with Crippen molar-refractivity contribution in [3.05, 3.63) is 95.3 Å². The molecule has 0 bridgehead atoms. The second kappa shape index (κ2) is 6.49. The molecule has 1 heterocycles. The van der Waals surface area contributed by atoms with Crippen LogP contribution in [-0.2, 0) is 0 Å². The molecule has 0 saturated carbocycles. The van der Waals surface area contributed by atoms with Gasteiger partial charge in [0.1, 0.15) is 5.82 Å². The average molecular weight is 360 g/mol. The Hall–Kier alpha value is -3.80. The number of carbonyl (C=O) groups excluding carboxylic acids is 3. The number of hydrogen-bond donors (Lipinski definition) is 1. The van der Waals surface area contributed by atoms with Gasteiger partial charge in [0.15, 0.2) is 0 Å². The maximum atomic E-state index is 13.0. The van der Waals surface area contributed by atoms with E-state index in [1.807, 2.05) is 0 Å². The number of rotatable bonds is 3. The van der Waals surface area contributed by atoms with E-state index in [4.69, 9.17) is 0 Å². The van der Waals surface area contributed by atoms with Crippen molar-refractivity contribution in [2.24, 2.45) is 0 Å². The van der Waals surface area contributed by atoms with Gasteiger partial charge in [0.05, 0.1) is 22.5 Å². The molecule has 3 aromatic rings. The first-order valence-corrected chi connectivity index (χ1v) is 8.20. The maximum Gasteiger partial charge on any atom is 0.268 e. The highest BCUT2D eigenvalue weighted by Crippen LogP contribution is 2.32. The van der Waals surface area contributed by atoms with E-state index in [2.05, 4.69) is 5.32 Å². The summed E-state index contributed by atoms with van der Waals surface area (Å²) in [5.74, 6) is -1.90. The number of nitrogens with zero attached hydrogens (tertiary/aromatic N) is 1. The Labute approximate surface area is 154 Å². The number of para-hydroxylation sites is 1. The zero-order valence-corrected chi connectivity index (χ0v) is 14.0. The van der Waals surface area contributed by atoms with Gasteiger partial charge in [-0.3, -0.25) is 14.4 Å². The number of amides is 3. The van der Waals surface area contributed by atoms with Crippen LogP contribution in [0.5, 0.6) is 0 Å². The molecule has 0 spiro atoms. The Morgan fingerprint density at radius 2 is 1.52 bits per heavy atom. The number of anilines is 2. The summed E-state index contributed by atoms with van der Waals surface area (Å²) in [6.45, 7) is 0. The summed E-state index contributed by atoms with van der Waals surface area (Å²) in [4.78, 5) is 39.1. The fourth-order valence-electron chi connectivity index (χ4n) is 3.00. The van der Waals surface area contributed by atoms with Crippen LogP contribution in [-0.4, -0.2) is 17.7 Å². The lowest BCUT2D eigenvalue weighted by Crippen LogP contribution is -2.29. The van der Waals surface area contributed by atoms with E-state index in [1.165, 1.54) is 24.3 Å². The monoisotopic (exact) mass is 360 g/mol. The number of carbonyl (C=O) groups is 3. The molecule has 27 heavy (non-hydrogen) atoms. The van der Waals surface area contributed by atoms with Crippen LogP contribution in [0.2, 0.25) is 0 Å². The van der Waals surface area contributed by atoms with Gasteiger partial charge in [-0.2, -0.15) is 0 Å². The number of benzene rings is 3. The lowest BCUT2D eigenvalue weighted by atomic mass is 10.1. The standard InChI is InChI=1S/C21H13FN2O3/c22-14-11-9-13(10-12-14)19(25)23-17-8-4-7-16-18(17)21(27)24(20(16)26)15-5-2-1-3-6-15/h1-12H,(H,23,25). The molecule has 1 aliphatic rings. The summed E-state index contributed by atoms with van der Waals surface area (Å²) >= 11 is 0. The smallest absolute Gasteiger partial charge is 0.268 e. The van der Waals surface area contributed by atoms with Crippen molar-refractivity contribution in [1.82, 2.24) is 0 Å². The third-order valence-electron chi connectivity index (χ3n) is 4.28. The zero-order valence-electron chi connectivity index (χ0n) is 14.0. The van der Waals surface area contributed by atoms with Gasteiger partial charge in [-0.25, -0.2) is 9.29 Å². The van der Waals surface area contributed by atoms with E-state index in [0.717, 1.165) is 4.90 Å². The molecule has 1 aliphatic heterocycles. The molecule has 6 heteroatoms. The van der Waals surface area contributed by atoms with E-state index in [0.29, 0.717) is 5.69 Å². The highest BCUT2D eigenvalue weighted by atomic mass is 19.1. The Balaban J connectivity index is 1.69. The molecule has 3 aromatic carbocycles. The quantitative estimate of drug-likeness (QED) is 0.721. The summed E-state index contributed by atoms with van der Waals surface area (Å²) in [6.07, 6.45) is 0. The number of halogens is 1. The minimum atomic E-state index is -0.504. The van der Waals surface area contributed by atoms with Crippen molar-refractivity contribution >= 4 is 29.1 Å². The van der Waals surface area contributed by atoms with Crippen LogP contribution < -0.4 is 10.2 Å². The number of hydrogen-bond acceptors (Lipinski definition) is 3. The van der Waals surface area contributed by atoms with Crippen molar-refractivity contribution in [2.75, 3.05) is 10.2 Å². The van der Waals surface area contributed by atoms with E-state index in [-0.39, 0.29) is 22.4 Å². The van der Waals surface area contributed by atoms with Crippen LogP contribution in [0.4, 0.5) is 15.8 Å². The van der Waals surface area contributed by atoms with Crippen molar-refractivity contribution in [3.8, 4) is 0 Å². The SMILES string of the molecule is O=C(Nc1cccc2c1C(=O)N(c1ccccc1)C2=O)c1ccc(F)cc1. The molecule has 1 N–H and O–H groups in total. The normalized spacial score (nSPS) is 12.9. The van der Waals surface area contributed by atoms with Crippen molar-refractivity contribution in [1.29, 1.82) is 0 Å². The molecular formula is C21H13FN2O3. The molecule has 3 amide bonds. The first kappa shape index (κ1) is 16.7. The van der Waals surface area contributed by atoms with E-state index in [9.17, 15) is 18.8 Å². The molecular weight excluding hydrogens is 347 g/mol. The van der Waals surface area contributed by atoms with E-state index < -0.39 is 23.5 Å². The van der Waals surface area contributed by atoms with Gasteiger partial charge >= 0.3 is 0 Å². The topological polar surface area (TPSA) is 66.5 Å². The zero-order chi connectivity index (χ0) is 19.0. The average Bonchev–Trinajstić information content (AvgIpc) is 2.94. The fourth-order valence-corrected chi connectivity index (χ4v) is 3.00. The Kier molecular flexibility index (Phi) is 4.01. The predicted octanol–water partition coefficient (Wildman–Crippen LogP) is 3.88. The summed E-state index contributed by atoms with van der Waals surface area (Å²) < 4.78 is 13.0. The first-order chi connectivity index (χ1) is 13.1. The summed E-state index contributed by atoms with van der Waals surface area (Å²) in [5, 5.41) is 2.64. The van der Waals surface area contributed by atoms with Crippen LogP contribution in [0.1, 0.15) is 31.1 Å². The van der Waals surface area contributed by atoms with Crippen LogP contribution >= 0.6 is 0 Å². The lowest BCUT2D eigenvalue weighted by Gasteiger charge is -2.13. The first-order valence-electron chi connectivity index (χ1n) is 8.20. The molecule has 132 valence electrons. The third-order valence-corrected chi connectivity index (χ3v) is 4.28. The summed E-state index contributed by atoms with van der Waals surface area (Å²) in [7, 11) is 0. The minimum absolute atomic E-state index is 0.141.